The van der Waals surface area contributed by atoms with Crippen molar-refractivity contribution in [3.63, 3.8) is 0 Å². The normalized spacial score (nSPS) is 10.5. The third-order valence-electron chi connectivity index (χ3n) is 4.86. The molecule has 0 fully saturated rings. The first kappa shape index (κ1) is 20.0. The summed E-state index contributed by atoms with van der Waals surface area (Å²) in [6.45, 7) is 0. The van der Waals surface area contributed by atoms with Crippen molar-refractivity contribution in [3.05, 3.63) is 96.1 Å². The second-order valence-electron chi connectivity index (χ2n) is 6.97. The highest BCUT2D eigenvalue weighted by Gasteiger charge is 2.11. The molecule has 31 heavy (non-hydrogen) atoms. The van der Waals surface area contributed by atoms with Crippen molar-refractivity contribution >= 4 is 34.0 Å². The van der Waals surface area contributed by atoms with Crippen LogP contribution in [-0.4, -0.2) is 18.9 Å². The van der Waals surface area contributed by atoms with Crippen LogP contribution in [0.2, 0.25) is 0 Å². The van der Waals surface area contributed by atoms with Gasteiger partial charge in [-0.2, -0.15) is 0 Å². The standard InChI is InChI=1S/C25H21N3O3/c1-27-25(30)22-15-21(12-13-23(22)26)31-20-10-8-19(9-11-20)28-24(29)18-7-6-16-4-2-3-5-17(16)14-18/h2-15H,26H2,1H3,(H,27,30)(H,28,29). The van der Waals surface area contributed by atoms with Crippen LogP contribution in [0.5, 0.6) is 11.5 Å². The zero-order chi connectivity index (χ0) is 21.8. The largest absolute Gasteiger partial charge is 0.457 e. The summed E-state index contributed by atoms with van der Waals surface area (Å²) in [6, 6.07) is 25.4. The third-order valence-corrected chi connectivity index (χ3v) is 4.86. The molecule has 6 heteroatoms. The van der Waals surface area contributed by atoms with Crippen molar-refractivity contribution in [2.45, 2.75) is 0 Å². The molecule has 154 valence electrons. The van der Waals surface area contributed by atoms with E-state index in [1.807, 2.05) is 36.4 Å². The van der Waals surface area contributed by atoms with Crippen LogP contribution in [0.15, 0.2) is 84.9 Å². The number of ether oxygens (including phenoxy) is 1. The topological polar surface area (TPSA) is 93.5 Å². The number of carbonyl (C=O) groups is 2. The number of carbonyl (C=O) groups excluding carboxylic acids is 2. The fourth-order valence-corrected chi connectivity index (χ4v) is 3.21. The Hall–Kier alpha value is -4.32. The molecule has 0 radical (unpaired) electrons. The van der Waals surface area contributed by atoms with Crippen molar-refractivity contribution < 1.29 is 14.3 Å². The number of amides is 2. The summed E-state index contributed by atoms with van der Waals surface area (Å²) in [5.41, 5.74) is 7.80. The molecule has 0 bridgehead atoms. The smallest absolute Gasteiger partial charge is 0.255 e. The number of rotatable bonds is 5. The molecular weight excluding hydrogens is 390 g/mol. The van der Waals surface area contributed by atoms with Gasteiger partial charge in [-0.1, -0.05) is 30.3 Å². The maximum atomic E-state index is 12.6. The minimum Gasteiger partial charge on any atom is -0.457 e. The quantitative estimate of drug-likeness (QED) is 0.410. The van der Waals surface area contributed by atoms with E-state index in [9.17, 15) is 9.59 Å². The Morgan fingerprint density at radius 2 is 1.48 bits per heavy atom. The molecule has 4 aromatic rings. The first-order valence-corrected chi connectivity index (χ1v) is 9.73. The lowest BCUT2D eigenvalue weighted by Crippen LogP contribution is -2.19. The molecule has 0 aliphatic carbocycles. The van der Waals surface area contributed by atoms with Gasteiger partial charge in [-0.15, -0.1) is 0 Å². The average Bonchev–Trinajstić information content (AvgIpc) is 2.80. The van der Waals surface area contributed by atoms with E-state index in [0.717, 1.165) is 10.8 Å². The van der Waals surface area contributed by atoms with Gasteiger partial charge >= 0.3 is 0 Å². The Morgan fingerprint density at radius 1 is 0.774 bits per heavy atom. The van der Waals surface area contributed by atoms with Crippen LogP contribution in [0.4, 0.5) is 11.4 Å². The first-order valence-electron chi connectivity index (χ1n) is 9.73. The van der Waals surface area contributed by atoms with E-state index in [0.29, 0.717) is 34.0 Å². The average molecular weight is 411 g/mol. The van der Waals surface area contributed by atoms with Crippen molar-refractivity contribution in [1.82, 2.24) is 5.32 Å². The van der Waals surface area contributed by atoms with Crippen molar-refractivity contribution in [1.29, 1.82) is 0 Å². The molecule has 4 rings (SSSR count). The third kappa shape index (κ3) is 4.48. The van der Waals surface area contributed by atoms with Gasteiger partial charge in [0.2, 0.25) is 0 Å². The van der Waals surface area contributed by atoms with Gasteiger partial charge in [0.15, 0.2) is 0 Å². The maximum absolute atomic E-state index is 12.6. The number of nitrogens with two attached hydrogens (primary N) is 1. The van der Waals surface area contributed by atoms with Gasteiger partial charge in [0, 0.05) is 24.0 Å². The second kappa shape index (κ2) is 8.59. The fourth-order valence-electron chi connectivity index (χ4n) is 3.21. The van der Waals surface area contributed by atoms with Gasteiger partial charge in [0.1, 0.15) is 11.5 Å². The molecular formula is C25H21N3O3. The molecule has 0 atom stereocenters. The van der Waals surface area contributed by atoms with E-state index in [-0.39, 0.29) is 11.8 Å². The number of benzene rings is 4. The Kier molecular flexibility index (Phi) is 5.53. The Balaban J connectivity index is 1.45. The van der Waals surface area contributed by atoms with Crippen LogP contribution in [0.25, 0.3) is 10.8 Å². The van der Waals surface area contributed by atoms with Crippen LogP contribution in [0.3, 0.4) is 0 Å². The van der Waals surface area contributed by atoms with Crippen molar-refractivity contribution in [2.24, 2.45) is 0 Å². The lowest BCUT2D eigenvalue weighted by Gasteiger charge is -2.10. The predicted octanol–water partition coefficient (Wildman–Crippen LogP) is 4.83. The second-order valence-corrected chi connectivity index (χ2v) is 6.97. The zero-order valence-electron chi connectivity index (χ0n) is 16.9. The molecule has 0 aliphatic heterocycles. The minimum atomic E-state index is -0.283. The van der Waals surface area contributed by atoms with Crippen molar-refractivity contribution in [2.75, 3.05) is 18.1 Å². The highest BCUT2D eigenvalue weighted by molar-refractivity contribution is 6.06. The summed E-state index contributed by atoms with van der Waals surface area (Å²) < 4.78 is 5.81. The van der Waals surface area contributed by atoms with Gasteiger partial charge < -0.3 is 21.1 Å². The molecule has 2 amide bonds. The number of hydrogen-bond acceptors (Lipinski definition) is 4. The van der Waals surface area contributed by atoms with Crippen LogP contribution >= 0.6 is 0 Å². The molecule has 4 aromatic carbocycles. The monoisotopic (exact) mass is 411 g/mol. The summed E-state index contributed by atoms with van der Waals surface area (Å²) in [4.78, 5) is 24.5. The molecule has 0 heterocycles. The summed E-state index contributed by atoms with van der Waals surface area (Å²) in [7, 11) is 1.54. The number of nitrogens with one attached hydrogen (secondary N) is 2. The fraction of sp³-hybridized carbons (Fsp3) is 0.0400. The Morgan fingerprint density at radius 3 is 2.23 bits per heavy atom. The van der Waals surface area contributed by atoms with Crippen molar-refractivity contribution in [3.8, 4) is 11.5 Å². The summed E-state index contributed by atoms with van der Waals surface area (Å²) >= 11 is 0. The molecule has 0 spiro atoms. The van der Waals surface area contributed by atoms with E-state index in [1.165, 1.54) is 0 Å². The lowest BCUT2D eigenvalue weighted by atomic mass is 10.1. The summed E-state index contributed by atoms with van der Waals surface area (Å²) in [6.07, 6.45) is 0. The molecule has 4 N–H and O–H groups in total. The molecule has 0 saturated carbocycles. The van der Waals surface area contributed by atoms with Gasteiger partial charge in [-0.25, -0.2) is 0 Å². The van der Waals surface area contributed by atoms with Gasteiger partial charge in [0.05, 0.1) is 5.56 Å². The number of anilines is 2. The first-order chi connectivity index (χ1) is 15.0. The van der Waals surface area contributed by atoms with Crippen LogP contribution < -0.4 is 21.1 Å². The molecule has 6 nitrogen and oxygen atoms in total. The van der Waals surface area contributed by atoms with E-state index >= 15 is 0 Å². The number of fused-ring (bicyclic) bond motifs is 1. The molecule has 0 aromatic heterocycles. The SMILES string of the molecule is CNC(=O)c1cc(Oc2ccc(NC(=O)c3ccc4ccccc4c3)cc2)ccc1N. The lowest BCUT2D eigenvalue weighted by molar-refractivity contribution is 0.0962. The van der Waals surface area contributed by atoms with E-state index in [4.69, 9.17) is 10.5 Å². The highest BCUT2D eigenvalue weighted by Crippen LogP contribution is 2.26. The molecule has 0 unspecified atom stereocenters. The van der Waals surface area contributed by atoms with Crippen LogP contribution in [0, 0.1) is 0 Å². The number of hydrogen-bond donors (Lipinski definition) is 3. The highest BCUT2D eigenvalue weighted by atomic mass is 16.5. The van der Waals surface area contributed by atoms with E-state index in [2.05, 4.69) is 10.6 Å². The Labute approximate surface area is 179 Å². The maximum Gasteiger partial charge on any atom is 0.255 e. The summed E-state index contributed by atoms with van der Waals surface area (Å²) in [5, 5.41) is 7.53. The van der Waals surface area contributed by atoms with E-state index in [1.54, 1.807) is 55.6 Å². The zero-order valence-corrected chi connectivity index (χ0v) is 16.9. The molecule has 0 aliphatic rings. The minimum absolute atomic E-state index is 0.187. The number of nitrogen functional groups attached to an aromatic ring is 1. The van der Waals surface area contributed by atoms with Crippen LogP contribution in [-0.2, 0) is 0 Å². The Bertz CT molecular complexity index is 1270. The summed E-state index contributed by atoms with van der Waals surface area (Å²) in [5.74, 6) is 0.583. The van der Waals surface area contributed by atoms with Crippen LogP contribution in [0.1, 0.15) is 20.7 Å². The predicted molar refractivity (Wildman–Crippen MR) is 123 cm³/mol. The van der Waals surface area contributed by atoms with Gasteiger partial charge in [-0.05, 0) is 65.4 Å². The van der Waals surface area contributed by atoms with E-state index < -0.39 is 0 Å². The molecule has 0 saturated heterocycles. The van der Waals surface area contributed by atoms with Gasteiger partial charge in [-0.3, -0.25) is 9.59 Å². The van der Waals surface area contributed by atoms with Gasteiger partial charge in [0.25, 0.3) is 11.8 Å².